The SMILES string of the molecule is CCOC(=O)c1oc2nc(C(C)C)c3c(c2c1NC(=O)CN1CCCC1)CCCC3. The molecule has 30 heavy (non-hydrogen) atoms. The monoisotopic (exact) mass is 413 g/mol. The summed E-state index contributed by atoms with van der Waals surface area (Å²) in [7, 11) is 0. The number of pyridine rings is 1. The van der Waals surface area contributed by atoms with Crippen LogP contribution in [0, 0.1) is 0 Å². The van der Waals surface area contributed by atoms with Gasteiger partial charge in [0.2, 0.25) is 17.4 Å². The highest BCUT2D eigenvalue weighted by Gasteiger charge is 2.30. The second-order valence-electron chi connectivity index (χ2n) is 8.55. The number of carbonyl (C=O) groups is 2. The highest BCUT2D eigenvalue weighted by Crippen LogP contribution is 2.40. The number of likely N-dealkylation sites (tertiary alicyclic amines) is 1. The number of aryl methyl sites for hydroxylation is 1. The molecule has 1 amide bonds. The van der Waals surface area contributed by atoms with Gasteiger partial charge in [-0.1, -0.05) is 13.8 Å². The van der Waals surface area contributed by atoms with Crippen LogP contribution in [0.4, 0.5) is 5.69 Å². The van der Waals surface area contributed by atoms with Crippen molar-refractivity contribution in [3.05, 3.63) is 22.6 Å². The Bertz CT molecular complexity index is 957. The minimum absolute atomic E-state index is 0.0443. The molecular weight excluding hydrogens is 382 g/mol. The van der Waals surface area contributed by atoms with E-state index in [0.29, 0.717) is 17.9 Å². The number of carbonyl (C=O) groups excluding carboxylic acids is 2. The van der Waals surface area contributed by atoms with Crippen molar-refractivity contribution in [2.75, 3.05) is 31.6 Å². The minimum atomic E-state index is -0.567. The molecule has 7 nitrogen and oxygen atoms in total. The fourth-order valence-electron chi connectivity index (χ4n) is 4.68. The lowest BCUT2D eigenvalue weighted by Crippen LogP contribution is -2.31. The number of esters is 1. The molecule has 0 spiro atoms. The standard InChI is InChI=1S/C23H31N3O4/c1-4-29-23(28)21-20(24-17(27)13-26-11-7-8-12-26)18-15-9-5-6-10-16(15)19(14(2)3)25-22(18)30-21/h14H,4-13H2,1-3H3,(H,24,27). The Labute approximate surface area is 177 Å². The predicted octanol–water partition coefficient (Wildman–Crippen LogP) is 4.04. The first-order valence-electron chi connectivity index (χ1n) is 11.2. The molecule has 2 aromatic rings. The van der Waals surface area contributed by atoms with E-state index >= 15 is 0 Å². The summed E-state index contributed by atoms with van der Waals surface area (Å²) >= 11 is 0. The van der Waals surface area contributed by atoms with Gasteiger partial charge < -0.3 is 14.5 Å². The quantitative estimate of drug-likeness (QED) is 0.720. The smallest absolute Gasteiger partial charge is 0.376 e. The van der Waals surface area contributed by atoms with E-state index in [0.717, 1.165) is 68.3 Å². The van der Waals surface area contributed by atoms with Crippen LogP contribution < -0.4 is 5.32 Å². The molecule has 0 saturated carbocycles. The largest absolute Gasteiger partial charge is 0.460 e. The van der Waals surface area contributed by atoms with Crippen molar-refractivity contribution in [2.45, 2.75) is 65.2 Å². The van der Waals surface area contributed by atoms with Crippen molar-refractivity contribution in [3.8, 4) is 0 Å². The third-order valence-corrected chi connectivity index (χ3v) is 6.03. The van der Waals surface area contributed by atoms with Gasteiger partial charge in [0.25, 0.3) is 0 Å². The molecule has 1 saturated heterocycles. The first-order valence-corrected chi connectivity index (χ1v) is 11.2. The molecule has 1 N–H and O–H groups in total. The molecule has 2 aromatic heterocycles. The van der Waals surface area contributed by atoms with Gasteiger partial charge in [0.1, 0.15) is 5.69 Å². The first kappa shape index (κ1) is 20.8. The van der Waals surface area contributed by atoms with Crippen molar-refractivity contribution < 1.29 is 18.7 Å². The topological polar surface area (TPSA) is 84.7 Å². The summed E-state index contributed by atoms with van der Waals surface area (Å²) in [4.78, 5) is 32.4. The number of nitrogens with zero attached hydrogens (tertiary/aromatic N) is 2. The summed E-state index contributed by atoms with van der Waals surface area (Å²) in [6.07, 6.45) is 6.29. The summed E-state index contributed by atoms with van der Waals surface area (Å²) in [5.41, 5.74) is 4.27. The van der Waals surface area contributed by atoms with E-state index in [1.165, 1.54) is 5.56 Å². The van der Waals surface area contributed by atoms with Gasteiger partial charge in [-0.05, 0) is 75.6 Å². The number of hydrogen-bond donors (Lipinski definition) is 1. The second kappa shape index (κ2) is 8.76. The Kier molecular flexibility index (Phi) is 6.09. The Morgan fingerprint density at radius 1 is 1.13 bits per heavy atom. The van der Waals surface area contributed by atoms with Crippen LogP contribution in [-0.2, 0) is 22.4 Å². The highest BCUT2D eigenvalue weighted by molar-refractivity contribution is 6.10. The van der Waals surface area contributed by atoms with Gasteiger partial charge >= 0.3 is 5.97 Å². The molecular formula is C23H31N3O4. The number of nitrogens with one attached hydrogen (secondary N) is 1. The molecule has 3 heterocycles. The third kappa shape index (κ3) is 3.95. The molecule has 1 aliphatic heterocycles. The Balaban J connectivity index is 1.81. The maximum absolute atomic E-state index is 12.8. The molecule has 0 aromatic carbocycles. The lowest BCUT2D eigenvalue weighted by Gasteiger charge is -2.21. The van der Waals surface area contributed by atoms with Gasteiger partial charge in [-0.3, -0.25) is 9.69 Å². The molecule has 1 fully saturated rings. The number of aromatic nitrogens is 1. The van der Waals surface area contributed by atoms with Crippen molar-refractivity contribution in [3.63, 3.8) is 0 Å². The summed E-state index contributed by atoms with van der Waals surface area (Å²) in [6.45, 7) is 8.41. The Morgan fingerprint density at radius 3 is 2.50 bits per heavy atom. The summed E-state index contributed by atoms with van der Waals surface area (Å²) in [5.74, 6) is -0.404. The van der Waals surface area contributed by atoms with Crippen LogP contribution in [0.5, 0.6) is 0 Å². The average Bonchev–Trinajstić information content (AvgIpc) is 3.35. The van der Waals surface area contributed by atoms with Gasteiger partial charge in [0.15, 0.2) is 0 Å². The molecule has 0 unspecified atom stereocenters. The van der Waals surface area contributed by atoms with Crippen molar-refractivity contribution in [2.24, 2.45) is 0 Å². The van der Waals surface area contributed by atoms with Crippen LogP contribution in [0.15, 0.2) is 4.42 Å². The van der Waals surface area contributed by atoms with Crippen molar-refractivity contribution in [1.82, 2.24) is 9.88 Å². The molecule has 7 heteroatoms. The van der Waals surface area contributed by atoms with Crippen LogP contribution in [0.2, 0.25) is 0 Å². The summed E-state index contributed by atoms with van der Waals surface area (Å²) in [6, 6.07) is 0. The zero-order valence-corrected chi connectivity index (χ0v) is 18.2. The molecule has 4 rings (SSSR count). The highest BCUT2D eigenvalue weighted by atomic mass is 16.5. The first-order chi connectivity index (χ1) is 14.5. The third-order valence-electron chi connectivity index (χ3n) is 6.03. The lowest BCUT2D eigenvalue weighted by atomic mass is 9.86. The zero-order valence-electron chi connectivity index (χ0n) is 18.2. The molecule has 162 valence electrons. The number of anilines is 1. The van der Waals surface area contributed by atoms with E-state index in [-0.39, 0.29) is 24.2 Å². The second-order valence-corrected chi connectivity index (χ2v) is 8.55. The van der Waals surface area contributed by atoms with Crippen molar-refractivity contribution >= 4 is 28.7 Å². The molecule has 0 atom stereocenters. The number of hydrogen-bond acceptors (Lipinski definition) is 6. The van der Waals surface area contributed by atoms with Gasteiger partial charge in [-0.15, -0.1) is 0 Å². The van der Waals surface area contributed by atoms with Gasteiger partial charge in [0.05, 0.1) is 24.2 Å². The zero-order chi connectivity index (χ0) is 21.3. The summed E-state index contributed by atoms with van der Waals surface area (Å²) < 4.78 is 11.1. The van der Waals surface area contributed by atoms with Crippen LogP contribution in [-0.4, -0.2) is 48.0 Å². The molecule has 1 aliphatic carbocycles. The number of rotatable bonds is 6. The minimum Gasteiger partial charge on any atom is -0.460 e. The number of fused-ring (bicyclic) bond motifs is 3. The van der Waals surface area contributed by atoms with Crippen LogP contribution in [0.1, 0.15) is 79.7 Å². The molecule has 0 bridgehead atoms. The normalized spacial score (nSPS) is 16.8. The van der Waals surface area contributed by atoms with E-state index in [1.54, 1.807) is 6.92 Å². The maximum Gasteiger partial charge on any atom is 0.376 e. The fraction of sp³-hybridized carbons (Fsp3) is 0.609. The van der Waals surface area contributed by atoms with E-state index in [9.17, 15) is 9.59 Å². The van der Waals surface area contributed by atoms with E-state index in [1.807, 2.05) is 0 Å². The maximum atomic E-state index is 12.8. The molecule has 0 radical (unpaired) electrons. The number of ether oxygens (including phenoxy) is 1. The number of furan rings is 1. The predicted molar refractivity (Wildman–Crippen MR) is 115 cm³/mol. The Morgan fingerprint density at radius 2 is 1.83 bits per heavy atom. The fourth-order valence-corrected chi connectivity index (χ4v) is 4.68. The van der Waals surface area contributed by atoms with Crippen LogP contribution >= 0.6 is 0 Å². The Hall–Kier alpha value is -2.41. The van der Waals surface area contributed by atoms with Crippen molar-refractivity contribution in [1.29, 1.82) is 0 Å². The van der Waals surface area contributed by atoms with Gasteiger partial charge in [-0.2, -0.15) is 0 Å². The van der Waals surface area contributed by atoms with Crippen LogP contribution in [0.25, 0.3) is 11.1 Å². The average molecular weight is 414 g/mol. The molecule has 2 aliphatic rings. The number of amides is 1. The van der Waals surface area contributed by atoms with E-state index in [2.05, 4.69) is 24.1 Å². The lowest BCUT2D eigenvalue weighted by molar-refractivity contribution is -0.117. The van der Waals surface area contributed by atoms with Gasteiger partial charge in [0, 0.05) is 0 Å². The van der Waals surface area contributed by atoms with E-state index in [4.69, 9.17) is 14.1 Å². The van der Waals surface area contributed by atoms with E-state index < -0.39 is 5.97 Å². The van der Waals surface area contributed by atoms with Gasteiger partial charge in [-0.25, -0.2) is 9.78 Å². The van der Waals surface area contributed by atoms with Crippen LogP contribution in [0.3, 0.4) is 0 Å². The summed E-state index contributed by atoms with van der Waals surface area (Å²) in [5, 5.41) is 3.75.